The first-order chi connectivity index (χ1) is 14.3. The van der Waals surface area contributed by atoms with E-state index in [2.05, 4.69) is 9.71 Å². The smallest absolute Gasteiger partial charge is 0.257 e. The highest BCUT2D eigenvalue weighted by atomic mass is 32.2. The van der Waals surface area contributed by atoms with Gasteiger partial charge in [0.05, 0.1) is 11.3 Å². The van der Waals surface area contributed by atoms with E-state index in [1.54, 1.807) is 34.2 Å². The monoisotopic (exact) mass is 428 g/mol. The second-order valence-electron chi connectivity index (χ2n) is 7.67. The minimum Gasteiger partial charge on any atom is -0.349 e. The molecule has 0 radical (unpaired) electrons. The topological polar surface area (TPSA) is 99.1 Å². The number of carbonyl (C=O) groups is 2. The quantitative estimate of drug-likeness (QED) is 0.780. The zero-order chi connectivity index (χ0) is 21.3. The van der Waals surface area contributed by atoms with E-state index in [0.717, 1.165) is 5.56 Å². The minimum atomic E-state index is -3.55. The number of aryl methyl sites for hydroxylation is 1. The van der Waals surface area contributed by atoms with E-state index in [4.69, 9.17) is 0 Å². The number of nitrogens with one attached hydrogen (secondary N) is 1. The van der Waals surface area contributed by atoms with Gasteiger partial charge in [0.2, 0.25) is 0 Å². The van der Waals surface area contributed by atoms with Gasteiger partial charge in [-0.25, -0.2) is 8.42 Å². The highest BCUT2D eigenvalue weighted by Crippen LogP contribution is 2.21. The van der Waals surface area contributed by atoms with Crippen LogP contribution in [-0.2, 0) is 14.8 Å². The van der Waals surface area contributed by atoms with Gasteiger partial charge in [-0.05, 0) is 43.5 Å². The van der Waals surface area contributed by atoms with Crippen molar-refractivity contribution >= 4 is 27.7 Å². The Balaban J connectivity index is 1.39. The molecular formula is C21H24N4O4S. The van der Waals surface area contributed by atoms with Gasteiger partial charge in [-0.3, -0.25) is 9.59 Å². The van der Waals surface area contributed by atoms with Gasteiger partial charge in [0.1, 0.15) is 0 Å². The second-order valence-corrected chi connectivity index (χ2v) is 9.43. The lowest BCUT2D eigenvalue weighted by Gasteiger charge is -2.35. The maximum Gasteiger partial charge on any atom is 0.257 e. The number of sulfonamides is 1. The summed E-state index contributed by atoms with van der Waals surface area (Å²) in [6.07, 6.45) is 6.36. The Morgan fingerprint density at radius 1 is 1.13 bits per heavy atom. The van der Waals surface area contributed by atoms with E-state index in [0.29, 0.717) is 37.1 Å². The Bertz CT molecular complexity index is 1070. The molecular weight excluding hydrogens is 404 g/mol. The van der Waals surface area contributed by atoms with Crippen LogP contribution in [0.3, 0.4) is 0 Å². The summed E-state index contributed by atoms with van der Waals surface area (Å²) in [5, 5.41) is 3.06. The average molecular weight is 429 g/mol. The fourth-order valence-electron chi connectivity index (χ4n) is 3.87. The van der Waals surface area contributed by atoms with Crippen molar-refractivity contribution in [2.75, 3.05) is 25.4 Å². The first-order valence-corrected chi connectivity index (χ1v) is 11.6. The Kier molecular flexibility index (Phi) is 5.46. The van der Waals surface area contributed by atoms with E-state index < -0.39 is 10.0 Å². The number of rotatable bonds is 3. The standard InChI is InChI=1S/C21H24N4O4S/c1-15-5-2-3-6-17(15)20(26)22-16-8-11-25(12-9-16)21(27)18-7-4-10-24-13-14-30(28,29)23-19(18)24/h2-7,10,16H,8-9,11-14H2,1H3,(H,22,26). The number of carbonyl (C=O) groups excluding carboxylic acids is 2. The molecule has 9 heteroatoms. The number of likely N-dealkylation sites (tertiary alicyclic amines) is 1. The molecule has 1 saturated heterocycles. The number of amidine groups is 1. The molecule has 1 fully saturated rings. The lowest BCUT2D eigenvalue weighted by molar-refractivity contribution is -0.127. The summed E-state index contributed by atoms with van der Waals surface area (Å²) < 4.78 is 27.6. The van der Waals surface area contributed by atoms with Gasteiger partial charge in [0, 0.05) is 37.4 Å². The van der Waals surface area contributed by atoms with Gasteiger partial charge < -0.3 is 15.1 Å². The molecule has 3 heterocycles. The summed E-state index contributed by atoms with van der Waals surface area (Å²) in [6, 6.07) is 7.43. The maximum absolute atomic E-state index is 13.0. The number of piperidine rings is 1. The van der Waals surface area contributed by atoms with E-state index in [9.17, 15) is 18.0 Å². The zero-order valence-corrected chi connectivity index (χ0v) is 17.6. The van der Waals surface area contributed by atoms with Gasteiger partial charge >= 0.3 is 0 Å². The fraction of sp³-hybridized carbons (Fsp3) is 0.381. The molecule has 1 N–H and O–H groups in total. The number of hydrogen-bond acceptors (Lipinski definition) is 5. The molecule has 0 bridgehead atoms. The summed E-state index contributed by atoms with van der Waals surface area (Å²) in [6.45, 7) is 3.16. The lowest BCUT2D eigenvalue weighted by Crippen LogP contribution is -2.49. The second kappa shape index (κ2) is 8.06. The number of fused-ring (bicyclic) bond motifs is 1. The van der Waals surface area contributed by atoms with E-state index in [1.165, 1.54) is 0 Å². The molecule has 4 rings (SSSR count). The first-order valence-electron chi connectivity index (χ1n) is 9.98. The number of amides is 2. The lowest BCUT2D eigenvalue weighted by atomic mass is 10.0. The predicted octanol–water partition coefficient (Wildman–Crippen LogP) is 1.21. The largest absolute Gasteiger partial charge is 0.349 e. The Hall–Kier alpha value is -2.94. The van der Waals surface area contributed by atoms with Crippen molar-refractivity contribution < 1.29 is 18.0 Å². The molecule has 0 aliphatic carbocycles. The molecule has 158 valence electrons. The third-order valence-electron chi connectivity index (χ3n) is 5.60. The molecule has 0 aromatic heterocycles. The van der Waals surface area contributed by atoms with Crippen molar-refractivity contribution in [3.8, 4) is 0 Å². The van der Waals surface area contributed by atoms with Crippen molar-refractivity contribution in [3.63, 3.8) is 0 Å². The van der Waals surface area contributed by atoms with Gasteiger partial charge in [-0.1, -0.05) is 18.2 Å². The normalized spacial score (nSPS) is 20.8. The highest BCUT2D eigenvalue weighted by molar-refractivity contribution is 7.90. The van der Waals surface area contributed by atoms with Gasteiger partial charge in [-0.15, -0.1) is 4.40 Å². The van der Waals surface area contributed by atoms with Crippen LogP contribution in [-0.4, -0.2) is 67.3 Å². The van der Waals surface area contributed by atoms with Crippen LogP contribution in [0.25, 0.3) is 0 Å². The third kappa shape index (κ3) is 4.16. The molecule has 2 amide bonds. The molecule has 0 spiro atoms. The Morgan fingerprint density at radius 3 is 2.60 bits per heavy atom. The Labute approximate surface area is 176 Å². The van der Waals surface area contributed by atoms with Crippen LogP contribution in [0, 0.1) is 6.92 Å². The van der Waals surface area contributed by atoms with Crippen LogP contribution in [0.4, 0.5) is 0 Å². The van der Waals surface area contributed by atoms with E-state index >= 15 is 0 Å². The van der Waals surface area contributed by atoms with Crippen molar-refractivity contribution in [2.45, 2.75) is 25.8 Å². The van der Waals surface area contributed by atoms with Crippen LogP contribution in [0.1, 0.15) is 28.8 Å². The summed E-state index contributed by atoms with van der Waals surface area (Å²) in [7, 11) is -3.55. The van der Waals surface area contributed by atoms with Crippen molar-refractivity contribution in [1.82, 2.24) is 15.1 Å². The molecule has 0 saturated carbocycles. The fourth-order valence-corrected chi connectivity index (χ4v) is 4.86. The molecule has 3 aliphatic heterocycles. The average Bonchev–Trinajstić information content (AvgIpc) is 2.73. The first kappa shape index (κ1) is 20.3. The SMILES string of the molecule is Cc1ccccc1C(=O)NC1CCN(C(=O)C2=CC=CN3CCS(=O)(=O)N=C23)CC1. The number of allylic oxidation sites excluding steroid dienone is 2. The zero-order valence-electron chi connectivity index (χ0n) is 16.7. The van der Waals surface area contributed by atoms with E-state index in [-0.39, 0.29) is 36.0 Å². The summed E-state index contributed by atoms with van der Waals surface area (Å²) in [5.74, 6) is -0.197. The third-order valence-corrected chi connectivity index (χ3v) is 6.74. The van der Waals surface area contributed by atoms with Crippen LogP contribution in [0.15, 0.2) is 52.6 Å². The summed E-state index contributed by atoms with van der Waals surface area (Å²) >= 11 is 0. The van der Waals surface area contributed by atoms with Crippen LogP contribution >= 0.6 is 0 Å². The predicted molar refractivity (Wildman–Crippen MR) is 113 cm³/mol. The van der Waals surface area contributed by atoms with Crippen LogP contribution < -0.4 is 5.32 Å². The van der Waals surface area contributed by atoms with Gasteiger partial charge in [-0.2, -0.15) is 0 Å². The molecule has 0 unspecified atom stereocenters. The summed E-state index contributed by atoms with van der Waals surface area (Å²) in [4.78, 5) is 29.0. The van der Waals surface area contributed by atoms with Gasteiger partial charge in [0.25, 0.3) is 21.8 Å². The molecule has 3 aliphatic rings. The maximum atomic E-state index is 13.0. The molecule has 1 aromatic carbocycles. The van der Waals surface area contributed by atoms with Crippen LogP contribution in [0.2, 0.25) is 0 Å². The number of nitrogens with zero attached hydrogens (tertiary/aromatic N) is 3. The Morgan fingerprint density at radius 2 is 1.87 bits per heavy atom. The van der Waals surface area contributed by atoms with Crippen molar-refractivity contribution in [1.29, 1.82) is 0 Å². The molecule has 30 heavy (non-hydrogen) atoms. The van der Waals surface area contributed by atoms with Crippen molar-refractivity contribution in [2.24, 2.45) is 4.40 Å². The van der Waals surface area contributed by atoms with E-state index in [1.807, 2.05) is 25.1 Å². The molecule has 0 atom stereocenters. The molecule has 1 aromatic rings. The minimum absolute atomic E-state index is 0.00900. The molecule has 8 nitrogen and oxygen atoms in total. The van der Waals surface area contributed by atoms with Crippen molar-refractivity contribution in [3.05, 3.63) is 59.3 Å². The number of hydrogen-bond donors (Lipinski definition) is 1. The summed E-state index contributed by atoms with van der Waals surface area (Å²) in [5.41, 5.74) is 1.88. The highest BCUT2D eigenvalue weighted by Gasteiger charge is 2.33. The van der Waals surface area contributed by atoms with Crippen LogP contribution in [0.5, 0.6) is 0 Å². The van der Waals surface area contributed by atoms with Gasteiger partial charge in [0.15, 0.2) is 5.84 Å². The number of benzene rings is 1.